The van der Waals surface area contributed by atoms with E-state index in [1.165, 1.54) is 44.6 Å². The van der Waals surface area contributed by atoms with Gasteiger partial charge in [-0.2, -0.15) is 0 Å². The highest BCUT2D eigenvalue weighted by Gasteiger charge is 2.62. The van der Waals surface area contributed by atoms with Gasteiger partial charge in [0.25, 0.3) is 0 Å². The van der Waals surface area contributed by atoms with Crippen molar-refractivity contribution >= 4 is 8.56 Å². The summed E-state index contributed by atoms with van der Waals surface area (Å²) < 4.78 is 12.9. The van der Waals surface area contributed by atoms with Crippen LogP contribution >= 0.6 is 0 Å². The minimum absolute atomic E-state index is 0.452. The first-order chi connectivity index (χ1) is 9.11. The zero-order chi connectivity index (χ0) is 13.9. The topological polar surface area (TPSA) is 18.5 Å². The van der Waals surface area contributed by atoms with Crippen LogP contribution in [0.1, 0.15) is 66.2 Å². The molecule has 2 fully saturated rings. The molecule has 0 spiro atoms. The minimum atomic E-state index is -2.06. The maximum absolute atomic E-state index is 6.46. The highest BCUT2D eigenvalue weighted by molar-refractivity contribution is 6.71. The Morgan fingerprint density at radius 3 is 2.05 bits per heavy atom. The van der Waals surface area contributed by atoms with Crippen LogP contribution in [-0.4, -0.2) is 21.8 Å². The van der Waals surface area contributed by atoms with Gasteiger partial charge < -0.3 is 8.85 Å². The summed E-state index contributed by atoms with van der Waals surface area (Å²) in [5, 5.41) is 0.452. The molecule has 0 aliphatic heterocycles. The second-order valence-corrected chi connectivity index (χ2v) is 10.3. The van der Waals surface area contributed by atoms with Crippen LogP contribution in [0.15, 0.2) is 0 Å². The molecule has 0 saturated heterocycles. The van der Waals surface area contributed by atoms with E-state index in [0.717, 1.165) is 25.0 Å². The van der Waals surface area contributed by atoms with Crippen LogP contribution in [0.25, 0.3) is 0 Å². The SMILES string of the molecule is CCO[Si](CC(C)CC)(OCC)C12CCC(CC1)C2. The molecule has 0 heterocycles. The van der Waals surface area contributed by atoms with Gasteiger partial charge in [-0.25, -0.2) is 0 Å². The van der Waals surface area contributed by atoms with Gasteiger partial charge >= 0.3 is 8.56 Å². The third kappa shape index (κ3) is 2.79. The largest absolute Gasteiger partial charge is 0.394 e. The van der Waals surface area contributed by atoms with Crippen LogP contribution in [0, 0.1) is 11.8 Å². The molecule has 0 aromatic carbocycles. The van der Waals surface area contributed by atoms with E-state index in [0.29, 0.717) is 5.04 Å². The lowest BCUT2D eigenvalue weighted by Crippen LogP contribution is -2.53. The zero-order valence-electron chi connectivity index (χ0n) is 13.3. The van der Waals surface area contributed by atoms with E-state index in [4.69, 9.17) is 8.85 Å². The van der Waals surface area contributed by atoms with Crippen LogP contribution in [-0.2, 0) is 8.85 Å². The molecule has 19 heavy (non-hydrogen) atoms. The Morgan fingerprint density at radius 1 is 1.11 bits per heavy atom. The van der Waals surface area contributed by atoms with E-state index in [1.54, 1.807) is 0 Å². The summed E-state index contributed by atoms with van der Waals surface area (Å²) in [5.74, 6) is 1.71. The normalized spacial score (nSPS) is 31.9. The molecule has 1 atom stereocenters. The van der Waals surface area contributed by atoms with Crippen molar-refractivity contribution in [2.24, 2.45) is 11.8 Å². The standard InChI is InChI=1S/C16H32O2Si/c1-5-14(4)13-19(17-6-2,18-7-3)16-10-8-15(12-16)9-11-16/h14-15H,5-13H2,1-4H3. The number of rotatable bonds is 8. The molecule has 0 aromatic rings. The molecule has 2 saturated carbocycles. The summed E-state index contributed by atoms with van der Waals surface area (Å²) >= 11 is 0. The minimum Gasteiger partial charge on any atom is -0.394 e. The van der Waals surface area contributed by atoms with Crippen molar-refractivity contribution < 1.29 is 8.85 Å². The highest BCUT2D eigenvalue weighted by Crippen LogP contribution is 2.66. The lowest BCUT2D eigenvalue weighted by atomic mass is 10.0. The van der Waals surface area contributed by atoms with Crippen molar-refractivity contribution in [3.05, 3.63) is 0 Å². The molecule has 2 rings (SSSR count). The van der Waals surface area contributed by atoms with E-state index in [9.17, 15) is 0 Å². The van der Waals surface area contributed by atoms with Gasteiger partial charge in [0.2, 0.25) is 0 Å². The summed E-state index contributed by atoms with van der Waals surface area (Å²) in [5.41, 5.74) is 0. The quantitative estimate of drug-likeness (QED) is 0.591. The molecular weight excluding hydrogens is 252 g/mol. The zero-order valence-corrected chi connectivity index (χ0v) is 14.3. The summed E-state index contributed by atoms with van der Waals surface area (Å²) in [6.07, 6.45) is 8.25. The Labute approximate surface area is 120 Å². The first kappa shape index (κ1) is 15.5. The van der Waals surface area contributed by atoms with E-state index >= 15 is 0 Å². The van der Waals surface area contributed by atoms with Gasteiger partial charge in [-0.1, -0.05) is 33.1 Å². The summed E-state index contributed by atoms with van der Waals surface area (Å²) in [7, 11) is -2.06. The lowest BCUT2D eigenvalue weighted by Gasteiger charge is -2.45. The fourth-order valence-corrected chi connectivity index (χ4v) is 9.63. The van der Waals surface area contributed by atoms with Crippen molar-refractivity contribution in [3.63, 3.8) is 0 Å². The average molecular weight is 285 g/mol. The lowest BCUT2D eigenvalue weighted by molar-refractivity contribution is 0.145. The molecular formula is C16H32O2Si. The first-order valence-electron chi connectivity index (χ1n) is 8.39. The van der Waals surface area contributed by atoms with E-state index in [-0.39, 0.29) is 0 Å². The van der Waals surface area contributed by atoms with Gasteiger partial charge in [0, 0.05) is 18.3 Å². The monoisotopic (exact) mass is 284 g/mol. The van der Waals surface area contributed by atoms with Crippen LogP contribution in [0.4, 0.5) is 0 Å². The molecule has 0 N–H and O–H groups in total. The molecule has 1 unspecified atom stereocenters. The smallest absolute Gasteiger partial charge is 0.344 e. The van der Waals surface area contributed by atoms with E-state index < -0.39 is 8.56 Å². The number of hydrogen-bond donors (Lipinski definition) is 0. The molecule has 0 amide bonds. The summed E-state index contributed by atoms with van der Waals surface area (Å²) in [6, 6.07) is 1.21. The number of fused-ring (bicyclic) bond motifs is 2. The predicted molar refractivity (Wildman–Crippen MR) is 82.5 cm³/mol. The number of hydrogen-bond acceptors (Lipinski definition) is 2. The molecule has 0 aromatic heterocycles. The van der Waals surface area contributed by atoms with Crippen molar-refractivity contribution in [2.75, 3.05) is 13.2 Å². The third-order valence-electron chi connectivity index (χ3n) is 5.62. The van der Waals surface area contributed by atoms with Crippen LogP contribution in [0.5, 0.6) is 0 Å². The maximum Gasteiger partial charge on any atom is 0.344 e. The van der Waals surface area contributed by atoms with Crippen LogP contribution in [0.2, 0.25) is 11.1 Å². The Morgan fingerprint density at radius 2 is 1.68 bits per heavy atom. The highest BCUT2D eigenvalue weighted by atomic mass is 28.4. The average Bonchev–Trinajstić information content (AvgIpc) is 3.01. The van der Waals surface area contributed by atoms with Gasteiger partial charge in [-0.05, 0) is 51.0 Å². The Kier molecular flexibility index (Phi) is 5.13. The first-order valence-corrected chi connectivity index (χ1v) is 10.4. The molecule has 112 valence electrons. The van der Waals surface area contributed by atoms with Gasteiger partial charge in [0.05, 0.1) is 0 Å². The maximum atomic E-state index is 6.46. The predicted octanol–water partition coefficient (Wildman–Crippen LogP) is 4.88. The van der Waals surface area contributed by atoms with Crippen LogP contribution < -0.4 is 0 Å². The van der Waals surface area contributed by atoms with Crippen molar-refractivity contribution in [2.45, 2.75) is 77.3 Å². The fraction of sp³-hybridized carbons (Fsp3) is 1.00. The Balaban J connectivity index is 2.25. The van der Waals surface area contributed by atoms with Gasteiger partial charge in [-0.3, -0.25) is 0 Å². The molecule has 2 nitrogen and oxygen atoms in total. The van der Waals surface area contributed by atoms with Gasteiger partial charge in [-0.15, -0.1) is 0 Å². The second-order valence-electron chi connectivity index (χ2n) is 6.76. The molecule has 2 aliphatic rings. The van der Waals surface area contributed by atoms with Crippen molar-refractivity contribution in [1.29, 1.82) is 0 Å². The summed E-state index contributed by atoms with van der Waals surface area (Å²) in [4.78, 5) is 0. The molecule has 0 radical (unpaired) electrons. The third-order valence-corrected chi connectivity index (χ3v) is 10.7. The van der Waals surface area contributed by atoms with E-state index in [1.807, 2.05) is 0 Å². The summed E-state index contributed by atoms with van der Waals surface area (Å²) in [6.45, 7) is 10.6. The van der Waals surface area contributed by atoms with E-state index in [2.05, 4.69) is 27.7 Å². The molecule has 3 heteroatoms. The van der Waals surface area contributed by atoms with Crippen LogP contribution in [0.3, 0.4) is 0 Å². The molecule has 2 bridgehead atoms. The van der Waals surface area contributed by atoms with Gasteiger partial charge in [0.15, 0.2) is 0 Å². The Hall–Kier alpha value is 0.137. The second kappa shape index (κ2) is 6.27. The Bertz CT molecular complexity index is 278. The molecule has 2 aliphatic carbocycles. The van der Waals surface area contributed by atoms with Gasteiger partial charge in [0.1, 0.15) is 0 Å². The van der Waals surface area contributed by atoms with Crippen molar-refractivity contribution in [3.8, 4) is 0 Å². The fourth-order valence-electron chi connectivity index (χ4n) is 4.48. The van der Waals surface area contributed by atoms with Crippen molar-refractivity contribution in [1.82, 2.24) is 0 Å².